The third-order valence-electron chi connectivity index (χ3n) is 5.13. The predicted octanol–water partition coefficient (Wildman–Crippen LogP) is 4.85. The highest BCUT2D eigenvalue weighted by atomic mass is 35.5. The molecule has 0 aliphatic rings. The van der Waals surface area contributed by atoms with Gasteiger partial charge in [-0.25, -0.2) is 0 Å². The molecular weight excluding hydrogens is 426 g/mol. The van der Waals surface area contributed by atoms with Gasteiger partial charge < -0.3 is 20.0 Å². The van der Waals surface area contributed by atoms with Crippen molar-refractivity contribution in [1.29, 1.82) is 0 Å². The van der Waals surface area contributed by atoms with Gasteiger partial charge >= 0.3 is 0 Å². The quantitative estimate of drug-likeness (QED) is 0.354. The maximum atomic E-state index is 12.9. The third-order valence-corrected chi connectivity index (χ3v) is 5.46. The molecule has 4 aromatic rings. The van der Waals surface area contributed by atoms with Crippen molar-refractivity contribution in [2.45, 2.75) is 13.3 Å². The first-order valence-electron chi connectivity index (χ1n) is 10.2. The zero-order valence-electron chi connectivity index (χ0n) is 17.4. The van der Waals surface area contributed by atoms with Crippen LogP contribution in [0.1, 0.15) is 27.4 Å². The standard InChI is InChI=1S/C25H22ClN3O3/c1-16-18(19-8-3-5-11-22(19)28-16)12-13-27-25(31)23(15-17-7-6-14-32-17)29-24(30)20-9-2-4-10-21(20)26/h2-11,14-15,28H,12-13H2,1H3,(H,27,31)(H,29,30). The molecular formula is C25H22ClN3O3. The Balaban J connectivity index is 1.48. The van der Waals surface area contributed by atoms with Gasteiger partial charge in [0.1, 0.15) is 11.5 Å². The van der Waals surface area contributed by atoms with E-state index in [1.165, 1.54) is 12.3 Å². The van der Waals surface area contributed by atoms with E-state index in [2.05, 4.69) is 21.7 Å². The average Bonchev–Trinajstić information content (AvgIpc) is 3.41. The van der Waals surface area contributed by atoms with Crippen LogP contribution in [-0.2, 0) is 11.2 Å². The van der Waals surface area contributed by atoms with Crippen LogP contribution in [0.5, 0.6) is 0 Å². The molecule has 0 aliphatic carbocycles. The second kappa shape index (κ2) is 9.58. The number of carbonyl (C=O) groups is 2. The zero-order valence-corrected chi connectivity index (χ0v) is 18.2. The molecule has 2 heterocycles. The van der Waals surface area contributed by atoms with Gasteiger partial charge in [0, 0.05) is 29.2 Å². The van der Waals surface area contributed by atoms with Crippen molar-refractivity contribution in [2.24, 2.45) is 0 Å². The summed E-state index contributed by atoms with van der Waals surface area (Å²) < 4.78 is 5.31. The van der Waals surface area contributed by atoms with Crippen molar-refractivity contribution in [3.63, 3.8) is 0 Å². The van der Waals surface area contributed by atoms with E-state index >= 15 is 0 Å². The molecule has 4 rings (SSSR count). The first-order chi connectivity index (χ1) is 15.5. The predicted molar refractivity (Wildman–Crippen MR) is 125 cm³/mol. The molecule has 2 amide bonds. The highest BCUT2D eigenvalue weighted by Gasteiger charge is 2.17. The number of para-hydroxylation sites is 1. The van der Waals surface area contributed by atoms with Crippen LogP contribution in [0.2, 0.25) is 5.02 Å². The summed E-state index contributed by atoms with van der Waals surface area (Å²) in [6, 6.07) is 18.1. The number of carbonyl (C=O) groups excluding carboxylic acids is 2. The van der Waals surface area contributed by atoms with Crippen LogP contribution >= 0.6 is 11.6 Å². The van der Waals surface area contributed by atoms with Gasteiger partial charge in [-0.1, -0.05) is 41.9 Å². The van der Waals surface area contributed by atoms with E-state index in [9.17, 15) is 9.59 Å². The van der Waals surface area contributed by atoms with Crippen molar-refractivity contribution >= 4 is 40.4 Å². The highest BCUT2D eigenvalue weighted by molar-refractivity contribution is 6.34. The molecule has 0 radical (unpaired) electrons. The summed E-state index contributed by atoms with van der Waals surface area (Å²) in [4.78, 5) is 29.0. The third kappa shape index (κ3) is 4.76. The Kier molecular flexibility index (Phi) is 6.42. The van der Waals surface area contributed by atoms with Gasteiger partial charge in [-0.05, 0) is 49.2 Å². The fourth-order valence-corrected chi connectivity index (χ4v) is 3.78. The summed E-state index contributed by atoms with van der Waals surface area (Å²) in [5.41, 5.74) is 3.63. The maximum absolute atomic E-state index is 12.9. The molecule has 0 spiro atoms. The van der Waals surface area contributed by atoms with E-state index in [1.54, 1.807) is 36.4 Å². The summed E-state index contributed by atoms with van der Waals surface area (Å²) in [7, 11) is 0. The highest BCUT2D eigenvalue weighted by Crippen LogP contribution is 2.22. The normalized spacial score (nSPS) is 11.5. The van der Waals surface area contributed by atoms with E-state index in [0.29, 0.717) is 23.7 Å². The molecule has 7 heteroatoms. The van der Waals surface area contributed by atoms with Crippen LogP contribution in [0.15, 0.2) is 77.0 Å². The lowest BCUT2D eigenvalue weighted by Gasteiger charge is -2.11. The van der Waals surface area contributed by atoms with Crippen molar-refractivity contribution in [3.05, 3.63) is 100 Å². The van der Waals surface area contributed by atoms with Crippen molar-refractivity contribution in [2.75, 3.05) is 6.54 Å². The second-order valence-electron chi connectivity index (χ2n) is 7.29. The van der Waals surface area contributed by atoms with Crippen LogP contribution < -0.4 is 10.6 Å². The largest absolute Gasteiger partial charge is 0.465 e. The number of rotatable bonds is 7. The summed E-state index contributed by atoms with van der Waals surface area (Å²) >= 11 is 6.13. The monoisotopic (exact) mass is 447 g/mol. The minimum Gasteiger partial charge on any atom is -0.465 e. The fraction of sp³-hybridized carbons (Fsp3) is 0.120. The van der Waals surface area contributed by atoms with Crippen LogP contribution in [-0.4, -0.2) is 23.3 Å². The summed E-state index contributed by atoms with van der Waals surface area (Å²) in [5, 5.41) is 6.98. The van der Waals surface area contributed by atoms with Crippen LogP contribution in [0.3, 0.4) is 0 Å². The molecule has 3 N–H and O–H groups in total. The Bertz CT molecular complexity index is 1290. The Labute approximate surface area is 190 Å². The van der Waals surface area contributed by atoms with Gasteiger partial charge in [0.15, 0.2) is 0 Å². The topological polar surface area (TPSA) is 87.1 Å². The summed E-state index contributed by atoms with van der Waals surface area (Å²) in [6.45, 7) is 2.42. The summed E-state index contributed by atoms with van der Waals surface area (Å²) in [6.07, 6.45) is 3.63. The zero-order chi connectivity index (χ0) is 22.5. The Hall–Kier alpha value is -3.77. The van der Waals surface area contributed by atoms with Crippen molar-refractivity contribution in [3.8, 4) is 0 Å². The lowest BCUT2D eigenvalue weighted by Crippen LogP contribution is -2.35. The summed E-state index contributed by atoms with van der Waals surface area (Å²) in [5.74, 6) is -0.447. The van der Waals surface area contributed by atoms with Crippen LogP contribution in [0, 0.1) is 6.92 Å². The Morgan fingerprint density at radius 1 is 1.06 bits per heavy atom. The number of aryl methyl sites for hydroxylation is 1. The Morgan fingerprint density at radius 3 is 2.62 bits per heavy atom. The molecule has 0 unspecified atom stereocenters. The molecule has 162 valence electrons. The van der Waals surface area contributed by atoms with Gasteiger partial charge in [0.2, 0.25) is 0 Å². The molecule has 6 nitrogen and oxygen atoms in total. The Morgan fingerprint density at radius 2 is 1.84 bits per heavy atom. The van der Waals surface area contributed by atoms with Crippen LogP contribution in [0.4, 0.5) is 0 Å². The van der Waals surface area contributed by atoms with Gasteiger partial charge in [-0.3, -0.25) is 9.59 Å². The number of fused-ring (bicyclic) bond motifs is 1. The number of furan rings is 1. The molecule has 0 saturated carbocycles. The lowest BCUT2D eigenvalue weighted by atomic mass is 10.1. The van der Waals surface area contributed by atoms with Gasteiger partial charge in [-0.15, -0.1) is 0 Å². The minimum absolute atomic E-state index is 0.0699. The van der Waals surface area contributed by atoms with E-state index in [0.717, 1.165) is 22.2 Å². The molecule has 0 aliphatic heterocycles. The molecule has 0 fully saturated rings. The molecule has 32 heavy (non-hydrogen) atoms. The number of amides is 2. The first kappa shape index (κ1) is 21.5. The van der Waals surface area contributed by atoms with Gasteiger partial charge in [0.25, 0.3) is 11.8 Å². The molecule has 2 aromatic carbocycles. The van der Waals surface area contributed by atoms with E-state index in [-0.39, 0.29) is 11.3 Å². The average molecular weight is 448 g/mol. The lowest BCUT2D eigenvalue weighted by molar-refractivity contribution is -0.117. The van der Waals surface area contributed by atoms with Gasteiger partial charge in [0.05, 0.1) is 16.8 Å². The van der Waals surface area contributed by atoms with E-state index < -0.39 is 11.8 Å². The maximum Gasteiger partial charge on any atom is 0.267 e. The SMILES string of the molecule is Cc1[nH]c2ccccc2c1CCNC(=O)C(=Cc1ccco1)NC(=O)c1ccccc1Cl. The second-order valence-corrected chi connectivity index (χ2v) is 7.69. The number of benzene rings is 2. The number of H-pyrrole nitrogens is 1. The van der Waals surface area contributed by atoms with Crippen molar-refractivity contribution in [1.82, 2.24) is 15.6 Å². The first-order valence-corrected chi connectivity index (χ1v) is 10.6. The number of aromatic nitrogens is 1. The number of hydrogen-bond acceptors (Lipinski definition) is 3. The smallest absolute Gasteiger partial charge is 0.267 e. The number of halogens is 1. The number of nitrogens with one attached hydrogen (secondary N) is 3. The fourth-order valence-electron chi connectivity index (χ4n) is 3.56. The number of hydrogen-bond donors (Lipinski definition) is 3. The number of aromatic amines is 1. The van der Waals surface area contributed by atoms with E-state index in [1.807, 2.05) is 25.1 Å². The molecule has 0 atom stereocenters. The molecule has 0 saturated heterocycles. The molecule has 2 aromatic heterocycles. The van der Waals surface area contributed by atoms with Gasteiger partial charge in [-0.2, -0.15) is 0 Å². The van der Waals surface area contributed by atoms with E-state index in [4.69, 9.17) is 16.0 Å². The minimum atomic E-state index is -0.476. The molecule has 0 bridgehead atoms. The van der Waals surface area contributed by atoms with Crippen molar-refractivity contribution < 1.29 is 14.0 Å². The van der Waals surface area contributed by atoms with Crippen LogP contribution in [0.25, 0.3) is 17.0 Å².